The van der Waals surface area contributed by atoms with Gasteiger partial charge in [-0.25, -0.2) is 0 Å². The Kier molecular flexibility index (Phi) is 8.33. The molecule has 0 spiro atoms. The molecule has 8 nitrogen and oxygen atoms in total. The van der Waals surface area contributed by atoms with Crippen molar-refractivity contribution in [1.82, 2.24) is 5.32 Å². The number of anilines is 3. The predicted octanol–water partition coefficient (Wildman–Crippen LogP) is 2.75. The summed E-state index contributed by atoms with van der Waals surface area (Å²) in [6.45, 7) is 5.71. The van der Waals surface area contributed by atoms with Crippen molar-refractivity contribution in [2.45, 2.75) is 13.3 Å². The summed E-state index contributed by atoms with van der Waals surface area (Å²) in [4.78, 5) is 29.0. The summed E-state index contributed by atoms with van der Waals surface area (Å²) in [5.41, 5.74) is 3.10. The molecule has 0 unspecified atom stereocenters. The van der Waals surface area contributed by atoms with E-state index in [-0.39, 0.29) is 11.8 Å². The molecule has 8 heteroatoms. The number of piperazine rings is 1. The predicted molar refractivity (Wildman–Crippen MR) is 127 cm³/mol. The van der Waals surface area contributed by atoms with Gasteiger partial charge in [-0.1, -0.05) is 12.1 Å². The zero-order valence-electron chi connectivity index (χ0n) is 19.0. The van der Waals surface area contributed by atoms with Gasteiger partial charge in [-0.2, -0.15) is 0 Å². The first-order valence-corrected chi connectivity index (χ1v) is 10.8. The van der Waals surface area contributed by atoms with E-state index in [1.165, 1.54) is 6.92 Å². The molecule has 3 rings (SSSR count). The van der Waals surface area contributed by atoms with E-state index >= 15 is 0 Å². The van der Waals surface area contributed by atoms with Crippen molar-refractivity contribution in [1.29, 1.82) is 0 Å². The summed E-state index contributed by atoms with van der Waals surface area (Å²) >= 11 is 0. The number of ether oxygens (including phenoxy) is 2. The maximum absolute atomic E-state index is 13.0. The number of methoxy groups -OCH3 is 2. The number of carbonyl (C=O) groups is 2. The van der Waals surface area contributed by atoms with Crippen LogP contribution in [0, 0.1) is 0 Å². The van der Waals surface area contributed by atoms with Gasteiger partial charge in [0.2, 0.25) is 5.91 Å². The van der Waals surface area contributed by atoms with E-state index in [0.717, 1.165) is 49.7 Å². The van der Waals surface area contributed by atoms with Crippen LogP contribution in [0.2, 0.25) is 0 Å². The fraction of sp³-hybridized carbons (Fsp3) is 0.417. The highest BCUT2D eigenvalue weighted by Gasteiger charge is 2.23. The van der Waals surface area contributed by atoms with E-state index < -0.39 is 0 Å². The molecule has 0 bridgehead atoms. The summed E-state index contributed by atoms with van der Waals surface area (Å²) in [6.07, 6.45) is 0.737. The van der Waals surface area contributed by atoms with Gasteiger partial charge >= 0.3 is 0 Å². The first-order valence-electron chi connectivity index (χ1n) is 10.8. The third-order valence-electron chi connectivity index (χ3n) is 5.42. The third kappa shape index (κ3) is 5.91. The fourth-order valence-corrected chi connectivity index (χ4v) is 3.87. The van der Waals surface area contributed by atoms with Crippen LogP contribution in [-0.4, -0.2) is 65.4 Å². The number of rotatable bonds is 9. The second-order valence-corrected chi connectivity index (χ2v) is 7.66. The minimum atomic E-state index is -0.172. The van der Waals surface area contributed by atoms with E-state index in [1.54, 1.807) is 20.3 Å². The molecule has 0 aromatic heterocycles. The molecule has 1 heterocycles. The molecule has 0 aliphatic carbocycles. The monoisotopic (exact) mass is 440 g/mol. The van der Waals surface area contributed by atoms with Gasteiger partial charge in [0, 0.05) is 64.7 Å². The Hall–Kier alpha value is -3.26. The first kappa shape index (κ1) is 23.4. The number of carbonyl (C=O) groups excluding carboxylic acids is 2. The van der Waals surface area contributed by atoms with Crippen molar-refractivity contribution < 1.29 is 19.1 Å². The van der Waals surface area contributed by atoms with E-state index in [9.17, 15) is 9.59 Å². The van der Waals surface area contributed by atoms with Crippen molar-refractivity contribution >= 4 is 28.9 Å². The van der Waals surface area contributed by atoms with Gasteiger partial charge in [-0.05, 0) is 36.8 Å². The highest BCUT2D eigenvalue weighted by atomic mass is 16.5. The molecule has 0 radical (unpaired) electrons. The molecular formula is C24H32N4O4. The maximum Gasteiger partial charge on any atom is 0.253 e. The highest BCUT2D eigenvalue weighted by Crippen LogP contribution is 2.31. The standard InChI is InChI=1S/C24H32N4O4/c1-18(29)26-19-9-10-21(20(17-19)24(30)25-11-6-16-31-2)27-12-14-28(15-13-27)22-7-4-5-8-23(22)32-3/h4-5,7-10,17H,6,11-16H2,1-3H3,(H,25,30)(H,26,29). The number of nitrogens with one attached hydrogen (secondary N) is 2. The van der Waals surface area contributed by atoms with Gasteiger partial charge in [0.1, 0.15) is 5.75 Å². The Balaban J connectivity index is 1.76. The average molecular weight is 441 g/mol. The largest absolute Gasteiger partial charge is 0.495 e. The molecule has 2 amide bonds. The van der Waals surface area contributed by atoms with Crippen LogP contribution in [0.5, 0.6) is 5.75 Å². The molecule has 172 valence electrons. The molecule has 2 aromatic carbocycles. The molecule has 0 atom stereocenters. The minimum absolute atomic E-state index is 0.157. The van der Waals surface area contributed by atoms with Crippen molar-refractivity contribution in [2.24, 2.45) is 0 Å². The number of hydrogen-bond acceptors (Lipinski definition) is 6. The third-order valence-corrected chi connectivity index (χ3v) is 5.42. The van der Waals surface area contributed by atoms with Crippen molar-refractivity contribution in [3.63, 3.8) is 0 Å². The molecule has 1 aliphatic heterocycles. The molecule has 2 aromatic rings. The smallest absolute Gasteiger partial charge is 0.253 e. The minimum Gasteiger partial charge on any atom is -0.495 e. The van der Waals surface area contributed by atoms with Crippen LogP contribution >= 0.6 is 0 Å². The molecule has 32 heavy (non-hydrogen) atoms. The molecule has 1 fully saturated rings. The Morgan fingerprint density at radius 1 is 0.969 bits per heavy atom. The second kappa shape index (κ2) is 11.4. The van der Waals surface area contributed by atoms with E-state index in [0.29, 0.717) is 24.4 Å². The van der Waals surface area contributed by atoms with Crippen molar-refractivity contribution in [3.05, 3.63) is 48.0 Å². The van der Waals surface area contributed by atoms with Gasteiger partial charge in [0.15, 0.2) is 0 Å². The molecule has 1 aliphatic rings. The van der Waals surface area contributed by atoms with Crippen LogP contribution < -0.4 is 25.2 Å². The number of hydrogen-bond donors (Lipinski definition) is 2. The second-order valence-electron chi connectivity index (χ2n) is 7.66. The SMILES string of the molecule is COCCCNC(=O)c1cc(NC(C)=O)ccc1N1CCN(c2ccccc2OC)CC1. The molecule has 1 saturated heterocycles. The highest BCUT2D eigenvalue weighted by molar-refractivity contribution is 6.02. The maximum atomic E-state index is 13.0. The van der Waals surface area contributed by atoms with Crippen LogP contribution in [0.3, 0.4) is 0 Å². The summed E-state index contributed by atoms with van der Waals surface area (Å²) in [5, 5.41) is 5.73. The summed E-state index contributed by atoms with van der Waals surface area (Å²) in [7, 11) is 3.32. The van der Waals surface area contributed by atoms with Crippen LogP contribution in [0.15, 0.2) is 42.5 Å². The Morgan fingerprint density at radius 3 is 2.31 bits per heavy atom. The average Bonchev–Trinajstić information content (AvgIpc) is 2.81. The van der Waals surface area contributed by atoms with E-state index in [2.05, 4.69) is 26.5 Å². The van der Waals surface area contributed by atoms with Crippen molar-refractivity contribution in [3.8, 4) is 5.75 Å². The summed E-state index contributed by atoms with van der Waals surface area (Å²) in [6, 6.07) is 13.5. The van der Waals surface area contributed by atoms with Gasteiger partial charge < -0.3 is 29.9 Å². The van der Waals surface area contributed by atoms with Crippen LogP contribution in [0.25, 0.3) is 0 Å². The zero-order valence-corrected chi connectivity index (χ0v) is 19.0. The lowest BCUT2D eigenvalue weighted by Gasteiger charge is -2.38. The fourth-order valence-electron chi connectivity index (χ4n) is 3.87. The normalized spacial score (nSPS) is 13.6. The van der Waals surface area contributed by atoms with Crippen LogP contribution in [-0.2, 0) is 9.53 Å². The zero-order chi connectivity index (χ0) is 22.9. The summed E-state index contributed by atoms with van der Waals surface area (Å²) < 4.78 is 10.6. The van der Waals surface area contributed by atoms with E-state index in [1.807, 2.05) is 30.3 Å². The van der Waals surface area contributed by atoms with Gasteiger partial charge in [-0.15, -0.1) is 0 Å². The van der Waals surface area contributed by atoms with E-state index in [4.69, 9.17) is 9.47 Å². The molecule has 0 saturated carbocycles. The number of amides is 2. The number of benzene rings is 2. The lowest BCUT2D eigenvalue weighted by Crippen LogP contribution is -2.47. The quantitative estimate of drug-likeness (QED) is 0.584. The van der Waals surface area contributed by atoms with Crippen LogP contribution in [0.4, 0.5) is 17.1 Å². The molecule has 2 N–H and O–H groups in total. The number of para-hydroxylation sites is 2. The van der Waals surface area contributed by atoms with Crippen LogP contribution in [0.1, 0.15) is 23.7 Å². The topological polar surface area (TPSA) is 83.1 Å². The Morgan fingerprint density at radius 2 is 1.66 bits per heavy atom. The Bertz CT molecular complexity index is 926. The summed E-state index contributed by atoms with van der Waals surface area (Å²) in [5.74, 6) is 0.529. The van der Waals surface area contributed by atoms with Gasteiger partial charge in [0.05, 0.1) is 18.4 Å². The van der Waals surface area contributed by atoms with Gasteiger partial charge in [0.25, 0.3) is 5.91 Å². The Labute approximate surface area is 189 Å². The lowest BCUT2D eigenvalue weighted by atomic mass is 10.1. The first-order chi connectivity index (χ1) is 15.5. The molecular weight excluding hydrogens is 408 g/mol. The van der Waals surface area contributed by atoms with Gasteiger partial charge in [-0.3, -0.25) is 9.59 Å². The number of nitrogens with zero attached hydrogens (tertiary/aromatic N) is 2. The lowest BCUT2D eigenvalue weighted by molar-refractivity contribution is -0.114. The van der Waals surface area contributed by atoms with Crippen molar-refractivity contribution in [2.75, 3.05) is 68.7 Å².